The van der Waals surface area contributed by atoms with Gasteiger partial charge in [0.2, 0.25) is 0 Å². The number of nitrogens with zero attached hydrogens (tertiary/aromatic N) is 1. The number of amides is 2. The maximum atomic E-state index is 12.0. The largest absolute Gasteiger partial charge is 0.323 e. The Kier molecular flexibility index (Phi) is 4.52. The van der Waals surface area contributed by atoms with E-state index in [-0.39, 0.29) is 6.03 Å². The number of hydrogen-bond donors (Lipinski definition) is 2. The number of halogens is 1. The zero-order chi connectivity index (χ0) is 15.5. The minimum Gasteiger partial charge on any atom is -0.308 e. The van der Waals surface area contributed by atoms with Crippen molar-refractivity contribution >= 4 is 62.3 Å². The molecule has 0 saturated heterocycles. The molecule has 0 aliphatic rings. The topological polar surface area (TPSA) is 54.0 Å². The van der Waals surface area contributed by atoms with E-state index in [0.717, 1.165) is 20.2 Å². The fraction of sp³-hybridized carbons (Fsp3) is 0.0667. The number of nitrogens with one attached hydrogen (secondary N) is 2. The van der Waals surface area contributed by atoms with E-state index in [1.807, 2.05) is 24.5 Å². The molecule has 7 heteroatoms. The second kappa shape index (κ2) is 6.56. The Morgan fingerprint density at radius 2 is 1.95 bits per heavy atom. The van der Waals surface area contributed by atoms with Crippen molar-refractivity contribution in [2.45, 2.75) is 4.34 Å². The van der Waals surface area contributed by atoms with Crippen LogP contribution in [0.2, 0.25) is 5.02 Å². The summed E-state index contributed by atoms with van der Waals surface area (Å²) in [6, 6.07) is 12.4. The first-order valence-corrected chi connectivity index (χ1v) is 8.84. The number of thioether (sulfide) groups is 1. The van der Waals surface area contributed by atoms with Gasteiger partial charge in [0.15, 0.2) is 4.34 Å². The first-order valence-electron chi connectivity index (χ1n) is 6.42. The van der Waals surface area contributed by atoms with E-state index in [1.54, 1.807) is 47.4 Å². The molecule has 0 unspecified atom stereocenters. The highest BCUT2D eigenvalue weighted by molar-refractivity contribution is 8.00. The lowest BCUT2D eigenvalue weighted by Crippen LogP contribution is -2.19. The van der Waals surface area contributed by atoms with E-state index in [9.17, 15) is 4.79 Å². The molecule has 2 amide bonds. The Morgan fingerprint density at radius 1 is 1.18 bits per heavy atom. The monoisotopic (exact) mass is 349 g/mol. The van der Waals surface area contributed by atoms with Crippen molar-refractivity contribution in [3.05, 3.63) is 47.5 Å². The highest BCUT2D eigenvalue weighted by atomic mass is 35.5. The van der Waals surface area contributed by atoms with E-state index >= 15 is 0 Å². The van der Waals surface area contributed by atoms with Crippen LogP contribution < -0.4 is 10.6 Å². The van der Waals surface area contributed by atoms with Crippen molar-refractivity contribution in [1.29, 1.82) is 0 Å². The lowest BCUT2D eigenvalue weighted by molar-refractivity contribution is 0.262. The van der Waals surface area contributed by atoms with Crippen LogP contribution in [0.25, 0.3) is 10.2 Å². The van der Waals surface area contributed by atoms with Crippen molar-refractivity contribution < 1.29 is 4.79 Å². The fourth-order valence-corrected chi connectivity index (χ4v) is 3.65. The number of aromatic nitrogens is 1. The molecule has 4 nitrogen and oxygen atoms in total. The summed E-state index contributed by atoms with van der Waals surface area (Å²) in [7, 11) is 0. The zero-order valence-corrected chi connectivity index (χ0v) is 14.0. The van der Waals surface area contributed by atoms with Crippen LogP contribution in [0.4, 0.5) is 16.2 Å². The minimum absolute atomic E-state index is 0.309. The first-order chi connectivity index (χ1) is 10.6. The number of carbonyl (C=O) groups is 1. The molecule has 0 aliphatic heterocycles. The van der Waals surface area contributed by atoms with Crippen molar-refractivity contribution in [3.8, 4) is 0 Å². The molecule has 1 heterocycles. The van der Waals surface area contributed by atoms with Crippen molar-refractivity contribution in [2.75, 3.05) is 16.9 Å². The first kappa shape index (κ1) is 15.1. The fourth-order valence-electron chi connectivity index (χ4n) is 1.93. The van der Waals surface area contributed by atoms with Gasteiger partial charge in [-0.2, -0.15) is 0 Å². The Hall–Kier alpha value is -1.76. The predicted molar refractivity (Wildman–Crippen MR) is 95.5 cm³/mol. The van der Waals surface area contributed by atoms with Crippen LogP contribution in [0.15, 0.2) is 46.8 Å². The van der Waals surface area contributed by atoms with Crippen LogP contribution in [-0.2, 0) is 0 Å². The van der Waals surface area contributed by atoms with E-state index in [4.69, 9.17) is 11.6 Å². The SMILES string of the molecule is CSc1nc2ccc(NC(=O)Nc3cccc(Cl)c3)cc2s1. The van der Waals surface area contributed by atoms with Gasteiger partial charge in [0.1, 0.15) is 0 Å². The average Bonchev–Trinajstić information content (AvgIpc) is 2.89. The normalized spacial score (nSPS) is 10.6. The maximum absolute atomic E-state index is 12.0. The highest BCUT2D eigenvalue weighted by Crippen LogP contribution is 2.30. The molecule has 0 saturated carbocycles. The molecule has 2 aromatic carbocycles. The summed E-state index contributed by atoms with van der Waals surface area (Å²) in [5, 5.41) is 6.13. The summed E-state index contributed by atoms with van der Waals surface area (Å²) >= 11 is 9.11. The predicted octanol–water partition coefficient (Wildman–Crippen LogP) is 5.32. The number of urea groups is 1. The molecular weight excluding hydrogens is 338 g/mol. The van der Waals surface area contributed by atoms with E-state index in [2.05, 4.69) is 15.6 Å². The molecule has 1 aromatic heterocycles. The molecule has 0 atom stereocenters. The summed E-state index contributed by atoms with van der Waals surface area (Å²) in [6.45, 7) is 0. The second-order valence-electron chi connectivity index (χ2n) is 4.46. The zero-order valence-electron chi connectivity index (χ0n) is 11.6. The Bertz CT molecular complexity index is 835. The summed E-state index contributed by atoms with van der Waals surface area (Å²) in [5.41, 5.74) is 2.31. The molecule has 112 valence electrons. The third-order valence-electron chi connectivity index (χ3n) is 2.88. The molecule has 0 fully saturated rings. The van der Waals surface area contributed by atoms with Gasteiger partial charge in [0, 0.05) is 16.4 Å². The van der Waals surface area contributed by atoms with Crippen LogP contribution in [0.5, 0.6) is 0 Å². The van der Waals surface area contributed by atoms with Gasteiger partial charge in [0.25, 0.3) is 0 Å². The molecule has 2 N–H and O–H groups in total. The molecular formula is C15H12ClN3OS2. The van der Waals surface area contributed by atoms with Crippen LogP contribution in [0, 0.1) is 0 Å². The van der Waals surface area contributed by atoms with Crippen LogP contribution >= 0.6 is 34.7 Å². The van der Waals surface area contributed by atoms with Crippen LogP contribution in [-0.4, -0.2) is 17.3 Å². The standard InChI is InChI=1S/C15H12ClN3OS2/c1-21-15-19-12-6-5-11(8-13(12)22-15)18-14(20)17-10-4-2-3-9(16)7-10/h2-8H,1H3,(H2,17,18,20). The lowest BCUT2D eigenvalue weighted by Gasteiger charge is -2.07. The number of thiazole rings is 1. The van der Waals surface area contributed by atoms with E-state index in [0.29, 0.717) is 10.7 Å². The summed E-state index contributed by atoms with van der Waals surface area (Å²) < 4.78 is 2.06. The van der Waals surface area contributed by atoms with Gasteiger partial charge in [-0.1, -0.05) is 29.4 Å². The second-order valence-corrected chi connectivity index (χ2v) is 6.98. The van der Waals surface area contributed by atoms with Gasteiger partial charge in [-0.15, -0.1) is 11.3 Å². The number of rotatable bonds is 3. The Morgan fingerprint density at radius 3 is 2.68 bits per heavy atom. The number of anilines is 2. The van der Waals surface area contributed by atoms with Crippen molar-refractivity contribution in [3.63, 3.8) is 0 Å². The molecule has 3 aromatic rings. The number of fused-ring (bicyclic) bond motifs is 1. The van der Waals surface area contributed by atoms with Crippen LogP contribution in [0.1, 0.15) is 0 Å². The van der Waals surface area contributed by atoms with Gasteiger partial charge >= 0.3 is 6.03 Å². The summed E-state index contributed by atoms with van der Waals surface area (Å²) in [4.78, 5) is 16.5. The molecule has 3 rings (SSSR count). The summed E-state index contributed by atoms with van der Waals surface area (Å²) in [5.74, 6) is 0. The molecule has 0 aliphatic carbocycles. The molecule has 22 heavy (non-hydrogen) atoms. The third kappa shape index (κ3) is 3.52. The van der Waals surface area contributed by atoms with Crippen LogP contribution in [0.3, 0.4) is 0 Å². The van der Waals surface area contributed by atoms with E-state index in [1.165, 1.54) is 0 Å². The smallest absolute Gasteiger partial charge is 0.308 e. The third-order valence-corrected chi connectivity index (χ3v) is 5.12. The maximum Gasteiger partial charge on any atom is 0.323 e. The highest BCUT2D eigenvalue weighted by Gasteiger charge is 2.07. The quantitative estimate of drug-likeness (QED) is 0.629. The van der Waals surface area contributed by atoms with E-state index < -0.39 is 0 Å². The number of carbonyl (C=O) groups excluding carboxylic acids is 1. The van der Waals surface area contributed by atoms with Gasteiger partial charge in [-0.05, 0) is 42.7 Å². The number of benzene rings is 2. The Balaban J connectivity index is 1.73. The van der Waals surface area contributed by atoms with Crippen molar-refractivity contribution in [1.82, 2.24) is 4.98 Å². The number of hydrogen-bond acceptors (Lipinski definition) is 4. The van der Waals surface area contributed by atoms with Crippen molar-refractivity contribution in [2.24, 2.45) is 0 Å². The van der Waals surface area contributed by atoms with Gasteiger partial charge < -0.3 is 10.6 Å². The average molecular weight is 350 g/mol. The van der Waals surface area contributed by atoms with Gasteiger partial charge in [-0.3, -0.25) is 0 Å². The minimum atomic E-state index is -0.309. The van der Waals surface area contributed by atoms with Gasteiger partial charge in [0.05, 0.1) is 10.2 Å². The van der Waals surface area contributed by atoms with Gasteiger partial charge in [-0.25, -0.2) is 9.78 Å². The molecule has 0 spiro atoms. The lowest BCUT2D eigenvalue weighted by atomic mass is 10.3. The molecule has 0 bridgehead atoms. The Labute approximate surface area is 140 Å². The summed E-state index contributed by atoms with van der Waals surface area (Å²) in [6.07, 6.45) is 2.00. The molecule has 0 radical (unpaired) electrons.